The number of carbonyl (C=O) groups is 3. The Hall–Kier alpha value is -3.39. The number of amides is 4. The first-order chi connectivity index (χ1) is 13.9. The van der Waals surface area contributed by atoms with E-state index in [0.717, 1.165) is 21.1 Å². The number of imide groups is 2. The van der Waals surface area contributed by atoms with Crippen LogP contribution in [-0.4, -0.2) is 55.1 Å². The molecular formula is C21H23N3O5. The van der Waals surface area contributed by atoms with Crippen molar-refractivity contribution >= 4 is 23.5 Å². The number of hydrogen-bond acceptors (Lipinski definition) is 6. The molecule has 0 radical (unpaired) electrons. The molecule has 0 aliphatic carbocycles. The van der Waals surface area contributed by atoms with Gasteiger partial charge in [0.05, 0.1) is 26.1 Å². The molecule has 0 unspecified atom stereocenters. The average Bonchev–Trinajstić information content (AvgIpc) is 2.93. The van der Waals surface area contributed by atoms with Crippen LogP contribution in [0.25, 0.3) is 0 Å². The number of urea groups is 1. The van der Waals surface area contributed by atoms with E-state index in [4.69, 9.17) is 9.47 Å². The standard InChI is InChI=1S/C21H23N3O5/c1-4-29-18-9-5-15(6-10-18)13-22(2)14-23-19(25)20(26)24(21(23)27)16-7-11-17(28-3)12-8-16/h5-12H,4,13-14H2,1-3H3. The first kappa shape index (κ1) is 20.3. The van der Waals surface area contributed by atoms with Crippen LogP contribution in [0.15, 0.2) is 48.5 Å². The van der Waals surface area contributed by atoms with Crippen molar-refractivity contribution in [2.75, 3.05) is 32.3 Å². The van der Waals surface area contributed by atoms with E-state index in [2.05, 4.69) is 0 Å². The quantitative estimate of drug-likeness (QED) is 0.503. The van der Waals surface area contributed by atoms with Crippen molar-refractivity contribution in [1.29, 1.82) is 0 Å². The molecule has 0 bridgehead atoms. The fraction of sp³-hybridized carbons (Fsp3) is 0.286. The molecule has 0 N–H and O–H groups in total. The maximum Gasteiger partial charge on any atom is 0.340 e. The van der Waals surface area contributed by atoms with Gasteiger partial charge in [0, 0.05) is 6.54 Å². The summed E-state index contributed by atoms with van der Waals surface area (Å²) in [6.07, 6.45) is 0. The molecule has 29 heavy (non-hydrogen) atoms. The third-order valence-electron chi connectivity index (χ3n) is 4.45. The Labute approximate surface area is 169 Å². The summed E-state index contributed by atoms with van der Waals surface area (Å²) in [5, 5.41) is 0. The summed E-state index contributed by atoms with van der Waals surface area (Å²) < 4.78 is 10.5. The highest BCUT2D eigenvalue weighted by molar-refractivity contribution is 6.52. The van der Waals surface area contributed by atoms with Crippen molar-refractivity contribution < 1.29 is 23.9 Å². The summed E-state index contributed by atoms with van der Waals surface area (Å²) >= 11 is 0. The second-order valence-electron chi connectivity index (χ2n) is 6.59. The Morgan fingerprint density at radius 3 is 2.10 bits per heavy atom. The first-order valence-electron chi connectivity index (χ1n) is 9.18. The highest BCUT2D eigenvalue weighted by Gasteiger charge is 2.45. The maximum absolute atomic E-state index is 12.7. The largest absolute Gasteiger partial charge is 0.497 e. The number of carbonyl (C=O) groups excluding carboxylic acids is 3. The number of methoxy groups -OCH3 is 1. The zero-order chi connectivity index (χ0) is 21.0. The van der Waals surface area contributed by atoms with Crippen LogP contribution in [-0.2, 0) is 16.1 Å². The van der Waals surface area contributed by atoms with E-state index in [1.54, 1.807) is 36.2 Å². The predicted molar refractivity (Wildman–Crippen MR) is 107 cm³/mol. The molecule has 1 fully saturated rings. The fourth-order valence-electron chi connectivity index (χ4n) is 3.05. The Morgan fingerprint density at radius 2 is 1.52 bits per heavy atom. The molecule has 8 nitrogen and oxygen atoms in total. The lowest BCUT2D eigenvalue weighted by atomic mass is 10.2. The zero-order valence-electron chi connectivity index (χ0n) is 16.6. The van der Waals surface area contributed by atoms with Gasteiger partial charge in [0.1, 0.15) is 11.5 Å². The van der Waals surface area contributed by atoms with E-state index in [1.165, 1.54) is 7.11 Å². The van der Waals surface area contributed by atoms with Gasteiger partial charge in [-0.05, 0) is 55.9 Å². The van der Waals surface area contributed by atoms with E-state index in [-0.39, 0.29) is 6.67 Å². The van der Waals surface area contributed by atoms with Crippen molar-refractivity contribution in [3.05, 3.63) is 54.1 Å². The molecule has 1 heterocycles. The molecule has 1 aliphatic heterocycles. The third kappa shape index (κ3) is 4.38. The van der Waals surface area contributed by atoms with Gasteiger partial charge in [0.2, 0.25) is 0 Å². The highest BCUT2D eigenvalue weighted by atomic mass is 16.5. The average molecular weight is 397 g/mol. The van der Waals surface area contributed by atoms with E-state index in [1.807, 2.05) is 31.2 Å². The van der Waals surface area contributed by atoms with E-state index in [9.17, 15) is 14.4 Å². The van der Waals surface area contributed by atoms with Gasteiger partial charge < -0.3 is 9.47 Å². The molecule has 3 rings (SSSR count). The molecule has 1 saturated heterocycles. The summed E-state index contributed by atoms with van der Waals surface area (Å²) in [6, 6.07) is 13.3. The maximum atomic E-state index is 12.7. The normalized spacial score (nSPS) is 14.1. The monoisotopic (exact) mass is 397 g/mol. The SMILES string of the molecule is CCOc1ccc(CN(C)CN2C(=O)C(=O)N(c3ccc(OC)cc3)C2=O)cc1. The lowest BCUT2D eigenvalue weighted by Gasteiger charge is -2.22. The van der Waals surface area contributed by atoms with Crippen LogP contribution < -0.4 is 14.4 Å². The first-order valence-corrected chi connectivity index (χ1v) is 9.18. The van der Waals surface area contributed by atoms with Crippen LogP contribution in [0.2, 0.25) is 0 Å². The third-order valence-corrected chi connectivity index (χ3v) is 4.45. The number of nitrogens with zero attached hydrogens (tertiary/aromatic N) is 3. The number of rotatable bonds is 8. The molecule has 1 aliphatic rings. The molecule has 0 aromatic heterocycles. The molecule has 4 amide bonds. The summed E-state index contributed by atoms with van der Waals surface area (Å²) in [5.74, 6) is -0.338. The van der Waals surface area contributed by atoms with Gasteiger partial charge in [-0.3, -0.25) is 14.5 Å². The van der Waals surface area contributed by atoms with Crippen LogP contribution in [0, 0.1) is 0 Å². The molecule has 0 saturated carbocycles. The number of benzene rings is 2. The summed E-state index contributed by atoms with van der Waals surface area (Å²) in [6.45, 7) is 3.02. The van der Waals surface area contributed by atoms with Crippen LogP contribution in [0.3, 0.4) is 0 Å². The predicted octanol–water partition coefficient (Wildman–Crippen LogP) is 2.48. The lowest BCUT2D eigenvalue weighted by Crippen LogP contribution is -2.40. The zero-order valence-corrected chi connectivity index (χ0v) is 16.6. The summed E-state index contributed by atoms with van der Waals surface area (Å²) in [7, 11) is 3.30. The minimum Gasteiger partial charge on any atom is -0.497 e. The minimum atomic E-state index is -0.866. The highest BCUT2D eigenvalue weighted by Crippen LogP contribution is 2.25. The van der Waals surface area contributed by atoms with Crippen LogP contribution in [0.1, 0.15) is 12.5 Å². The molecule has 0 atom stereocenters. The van der Waals surface area contributed by atoms with Crippen LogP contribution in [0.4, 0.5) is 10.5 Å². The van der Waals surface area contributed by atoms with Gasteiger partial charge >= 0.3 is 17.8 Å². The summed E-state index contributed by atoms with van der Waals surface area (Å²) in [4.78, 5) is 41.1. The van der Waals surface area contributed by atoms with Crippen LogP contribution in [0.5, 0.6) is 11.5 Å². The van der Waals surface area contributed by atoms with E-state index in [0.29, 0.717) is 24.6 Å². The summed E-state index contributed by atoms with van der Waals surface area (Å²) in [5.41, 5.74) is 1.32. The van der Waals surface area contributed by atoms with Gasteiger partial charge in [0.25, 0.3) is 0 Å². The Bertz CT molecular complexity index is 896. The van der Waals surface area contributed by atoms with Gasteiger partial charge in [-0.2, -0.15) is 0 Å². The number of hydrogen-bond donors (Lipinski definition) is 0. The van der Waals surface area contributed by atoms with Crippen molar-refractivity contribution in [1.82, 2.24) is 9.80 Å². The van der Waals surface area contributed by atoms with Crippen molar-refractivity contribution in [2.24, 2.45) is 0 Å². The van der Waals surface area contributed by atoms with E-state index < -0.39 is 17.8 Å². The topological polar surface area (TPSA) is 79.4 Å². The Balaban J connectivity index is 1.67. The smallest absolute Gasteiger partial charge is 0.340 e. The van der Waals surface area contributed by atoms with Crippen molar-refractivity contribution in [3.63, 3.8) is 0 Å². The Morgan fingerprint density at radius 1 is 0.897 bits per heavy atom. The molecule has 2 aromatic rings. The second kappa shape index (κ2) is 8.74. The van der Waals surface area contributed by atoms with Crippen molar-refractivity contribution in [2.45, 2.75) is 13.5 Å². The lowest BCUT2D eigenvalue weighted by molar-refractivity contribution is -0.140. The molecule has 2 aromatic carbocycles. The van der Waals surface area contributed by atoms with Gasteiger partial charge in [-0.25, -0.2) is 14.6 Å². The van der Waals surface area contributed by atoms with Gasteiger partial charge in [-0.15, -0.1) is 0 Å². The van der Waals surface area contributed by atoms with Crippen molar-refractivity contribution in [3.8, 4) is 11.5 Å². The molecule has 8 heteroatoms. The molecule has 0 spiro atoms. The van der Waals surface area contributed by atoms with Gasteiger partial charge in [0.15, 0.2) is 0 Å². The Kier molecular flexibility index (Phi) is 6.13. The number of ether oxygens (including phenoxy) is 2. The van der Waals surface area contributed by atoms with Gasteiger partial charge in [-0.1, -0.05) is 12.1 Å². The molecule has 152 valence electrons. The second-order valence-corrected chi connectivity index (χ2v) is 6.59. The van der Waals surface area contributed by atoms with E-state index >= 15 is 0 Å². The minimum absolute atomic E-state index is 0.00325. The fourth-order valence-corrected chi connectivity index (χ4v) is 3.05. The number of anilines is 1. The molecular weight excluding hydrogens is 374 g/mol. The van der Waals surface area contributed by atoms with Crippen LogP contribution >= 0.6 is 0 Å².